The van der Waals surface area contributed by atoms with Gasteiger partial charge in [0.05, 0.1) is 30.0 Å². The molecule has 2 saturated heterocycles. The Morgan fingerprint density at radius 2 is 2.08 bits per heavy atom. The lowest BCUT2D eigenvalue weighted by atomic mass is 9.93. The molecule has 0 aliphatic carbocycles. The van der Waals surface area contributed by atoms with Gasteiger partial charge in [0.25, 0.3) is 5.89 Å². The molecule has 0 radical (unpaired) electrons. The first-order valence-electron chi connectivity index (χ1n) is 12.0. The maximum Gasteiger partial charge on any atom is 0.414 e. The number of rotatable bonds is 7. The fraction of sp³-hybridized carbons (Fsp3) is 0.400. The summed E-state index contributed by atoms with van der Waals surface area (Å²) in [5.41, 5.74) is 1.73. The molecule has 2 fully saturated rings. The largest absolute Gasteiger partial charge is 0.442 e. The van der Waals surface area contributed by atoms with Gasteiger partial charge in [-0.1, -0.05) is 5.16 Å². The third kappa shape index (κ3) is 5.29. The number of hydrogen-bond acceptors (Lipinski definition) is 8. The zero-order valence-corrected chi connectivity index (χ0v) is 19.9. The second-order valence-corrected chi connectivity index (χ2v) is 9.08. The maximum atomic E-state index is 15.1. The fourth-order valence-electron chi connectivity index (χ4n) is 4.60. The molecule has 0 unspecified atom stereocenters. The first kappa shape index (κ1) is 23.7. The number of cyclic esters (lactones) is 1. The fourth-order valence-corrected chi connectivity index (χ4v) is 4.60. The smallest absolute Gasteiger partial charge is 0.414 e. The number of carbonyl (C=O) groups excluding carboxylic acids is 2. The van der Waals surface area contributed by atoms with Crippen molar-refractivity contribution in [1.29, 1.82) is 0 Å². The van der Waals surface area contributed by atoms with Crippen LogP contribution in [0.1, 0.15) is 25.6 Å². The number of nitrogens with zero attached hydrogens (tertiary/aromatic N) is 5. The number of amides is 2. The number of aromatic nitrogens is 3. The van der Waals surface area contributed by atoms with Crippen molar-refractivity contribution in [3.8, 4) is 11.5 Å². The number of anilines is 2. The van der Waals surface area contributed by atoms with Gasteiger partial charge in [-0.25, -0.2) is 9.18 Å². The van der Waals surface area contributed by atoms with E-state index in [1.165, 1.54) is 17.9 Å². The van der Waals surface area contributed by atoms with Crippen LogP contribution in [-0.4, -0.2) is 59.4 Å². The molecular weight excluding hydrogens is 467 g/mol. The number of halogens is 1. The quantitative estimate of drug-likeness (QED) is 0.533. The van der Waals surface area contributed by atoms with Crippen molar-refractivity contribution in [1.82, 2.24) is 20.4 Å². The van der Waals surface area contributed by atoms with Gasteiger partial charge in [0, 0.05) is 38.8 Å². The number of pyridine rings is 1. The molecule has 2 aliphatic rings. The SMILES string of the molecule is CC(=O)NC[C@H]1CN(c2ccc(N3CCC(Cc4noc(-c5cccnc5)n4)CC3)c(F)c2)C(=O)O1. The van der Waals surface area contributed by atoms with Crippen LogP contribution in [0.15, 0.2) is 47.2 Å². The van der Waals surface area contributed by atoms with Crippen molar-refractivity contribution < 1.29 is 23.2 Å². The summed E-state index contributed by atoms with van der Waals surface area (Å²) in [6, 6.07) is 8.50. The molecule has 0 spiro atoms. The number of benzene rings is 1. The third-order valence-electron chi connectivity index (χ3n) is 6.50. The van der Waals surface area contributed by atoms with E-state index in [1.54, 1.807) is 24.5 Å². The van der Waals surface area contributed by atoms with Crippen molar-refractivity contribution in [3.63, 3.8) is 0 Å². The Morgan fingerprint density at radius 1 is 1.25 bits per heavy atom. The van der Waals surface area contributed by atoms with Crippen LogP contribution < -0.4 is 15.1 Å². The van der Waals surface area contributed by atoms with Gasteiger partial charge in [-0.15, -0.1) is 0 Å². The molecule has 1 N–H and O–H groups in total. The lowest BCUT2D eigenvalue weighted by Gasteiger charge is -2.33. The molecule has 2 aromatic heterocycles. The number of carbonyl (C=O) groups is 2. The van der Waals surface area contributed by atoms with Crippen molar-refractivity contribution in [3.05, 3.63) is 54.4 Å². The van der Waals surface area contributed by atoms with Crippen LogP contribution in [0, 0.1) is 11.7 Å². The standard InChI is InChI=1S/C25H27FN6O4/c1-16(33)28-14-20-15-32(25(34)35-20)19-4-5-22(21(26)12-19)31-9-6-17(7-10-31)11-23-29-24(36-30-23)18-3-2-8-27-13-18/h2-5,8,12-13,17,20H,6-7,9-11,14-15H2,1H3,(H,28,33)/t20-/m0/s1. The van der Waals surface area contributed by atoms with Crippen LogP contribution in [0.5, 0.6) is 0 Å². The Morgan fingerprint density at radius 3 is 2.81 bits per heavy atom. The molecule has 5 rings (SSSR count). The highest BCUT2D eigenvalue weighted by molar-refractivity contribution is 5.90. The van der Waals surface area contributed by atoms with E-state index in [0.29, 0.717) is 48.5 Å². The van der Waals surface area contributed by atoms with Crippen molar-refractivity contribution in [2.24, 2.45) is 5.92 Å². The average molecular weight is 495 g/mol. The third-order valence-corrected chi connectivity index (χ3v) is 6.50. The lowest BCUT2D eigenvalue weighted by molar-refractivity contribution is -0.119. The van der Waals surface area contributed by atoms with Gasteiger partial charge in [-0.2, -0.15) is 4.98 Å². The molecule has 0 saturated carbocycles. The normalized spacial score (nSPS) is 18.4. The van der Waals surface area contributed by atoms with Crippen LogP contribution in [0.2, 0.25) is 0 Å². The Kier molecular flexibility index (Phi) is 6.79. The summed E-state index contributed by atoms with van der Waals surface area (Å²) >= 11 is 0. The molecule has 4 heterocycles. The summed E-state index contributed by atoms with van der Waals surface area (Å²) in [5, 5.41) is 6.74. The van der Waals surface area contributed by atoms with Crippen LogP contribution >= 0.6 is 0 Å². The van der Waals surface area contributed by atoms with Crippen molar-refractivity contribution >= 4 is 23.4 Å². The van der Waals surface area contributed by atoms with E-state index in [-0.39, 0.29) is 24.8 Å². The van der Waals surface area contributed by atoms with Gasteiger partial charge in [-0.05, 0) is 49.1 Å². The summed E-state index contributed by atoms with van der Waals surface area (Å²) in [5.74, 6) is 0.916. The predicted molar refractivity (Wildman–Crippen MR) is 129 cm³/mol. The molecule has 11 heteroatoms. The summed E-state index contributed by atoms with van der Waals surface area (Å²) in [6.07, 6.45) is 4.82. The van der Waals surface area contributed by atoms with Gasteiger partial charge in [0.2, 0.25) is 5.91 Å². The highest BCUT2D eigenvalue weighted by Gasteiger charge is 2.33. The van der Waals surface area contributed by atoms with Gasteiger partial charge in [0.1, 0.15) is 11.9 Å². The Labute approximate surface area is 207 Å². The van der Waals surface area contributed by atoms with E-state index in [1.807, 2.05) is 17.0 Å². The minimum Gasteiger partial charge on any atom is -0.442 e. The minimum absolute atomic E-state index is 0.199. The van der Waals surface area contributed by atoms with Crippen LogP contribution in [0.4, 0.5) is 20.6 Å². The predicted octanol–water partition coefficient (Wildman–Crippen LogP) is 3.19. The van der Waals surface area contributed by atoms with Crippen LogP contribution in [0.3, 0.4) is 0 Å². The number of nitrogens with one attached hydrogen (secondary N) is 1. The molecule has 36 heavy (non-hydrogen) atoms. The second kappa shape index (κ2) is 10.3. The lowest BCUT2D eigenvalue weighted by Crippen LogP contribution is -2.35. The highest BCUT2D eigenvalue weighted by atomic mass is 19.1. The topological polar surface area (TPSA) is 114 Å². The van der Waals surface area contributed by atoms with E-state index in [0.717, 1.165) is 18.4 Å². The van der Waals surface area contributed by atoms with E-state index < -0.39 is 12.2 Å². The van der Waals surface area contributed by atoms with Gasteiger partial charge < -0.3 is 19.5 Å². The molecule has 0 bridgehead atoms. The van der Waals surface area contributed by atoms with Crippen LogP contribution in [0.25, 0.3) is 11.5 Å². The van der Waals surface area contributed by atoms with E-state index >= 15 is 4.39 Å². The maximum absolute atomic E-state index is 15.1. The van der Waals surface area contributed by atoms with Crippen molar-refractivity contribution in [2.75, 3.05) is 36.0 Å². The Bertz CT molecular complexity index is 1230. The molecule has 1 atom stereocenters. The molecular formula is C25H27FN6O4. The number of ether oxygens (including phenoxy) is 1. The minimum atomic E-state index is -0.550. The van der Waals surface area contributed by atoms with E-state index in [4.69, 9.17) is 9.26 Å². The Balaban J connectivity index is 1.16. The monoisotopic (exact) mass is 494 g/mol. The van der Waals surface area contributed by atoms with Crippen LogP contribution in [-0.2, 0) is 16.0 Å². The summed E-state index contributed by atoms with van der Waals surface area (Å²) < 4.78 is 25.7. The average Bonchev–Trinajstić information content (AvgIpc) is 3.50. The first-order chi connectivity index (χ1) is 17.5. The molecule has 188 valence electrons. The summed E-state index contributed by atoms with van der Waals surface area (Å²) in [4.78, 5) is 35.3. The second-order valence-electron chi connectivity index (χ2n) is 9.08. The van der Waals surface area contributed by atoms with Crippen molar-refractivity contribution in [2.45, 2.75) is 32.3 Å². The van der Waals surface area contributed by atoms with E-state index in [2.05, 4.69) is 20.4 Å². The molecule has 2 amide bonds. The summed E-state index contributed by atoms with van der Waals surface area (Å²) in [6.45, 7) is 3.29. The highest BCUT2D eigenvalue weighted by Crippen LogP contribution is 2.31. The zero-order chi connectivity index (χ0) is 25.1. The van der Waals surface area contributed by atoms with Gasteiger partial charge in [0.15, 0.2) is 5.82 Å². The Hall–Kier alpha value is -4.02. The van der Waals surface area contributed by atoms with E-state index in [9.17, 15) is 9.59 Å². The molecule has 10 nitrogen and oxygen atoms in total. The number of hydrogen-bond donors (Lipinski definition) is 1. The summed E-state index contributed by atoms with van der Waals surface area (Å²) in [7, 11) is 0. The molecule has 2 aliphatic heterocycles. The van der Waals surface area contributed by atoms with Gasteiger partial charge >= 0.3 is 6.09 Å². The van der Waals surface area contributed by atoms with Gasteiger partial charge in [-0.3, -0.25) is 14.7 Å². The zero-order valence-electron chi connectivity index (χ0n) is 19.9. The first-order valence-corrected chi connectivity index (χ1v) is 12.0. The molecule has 1 aromatic carbocycles. The molecule has 3 aromatic rings. The number of piperidine rings is 1.